The summed E-state index contributed by atoms with van der Waals surface area (Å²) < 4.78 is 20.9. The molecule has 0 spiro atoms. The lowest BCUT2D eigenvalue weighted by atomic mass is 9.83. The molecule has 8 nitrogen and oxygen atoms in total. The van der Waals surface area contributed by atoms with E-state index in [9.17, 15) is 4.79 Å². The fraction of sp³-hybridized carbons (Fsp3) is 0.720. The van der Waals surface area contributed by atoms with E-state index in [1.165, 1.54) is 5.56 Å². The summed E-state index contributed by atoms with van der Waals surface area (Å²) in [4.78, 5) is 12.6. The molecule has 0 bridgehead atoms. The van der Waals surface area contributed by atoms with Crippen LogP contribution < -0.4 is 0 Å². The maximum absolute atomic E-state index is 12.6. The number of hydrogen-bond donors (Lipinski definition) is 0. The summed E-state index contributed by atoms with van der Waals surface area (Å²) in [6.45, 7) is 18.6. The van der Waals surface area contributed by atoms with E-state index in [1.54, 1.807) is 0 Å². The molecule has 0 saturated carbocycles. The largest absolute Gasteiger partial charge is 0.461 e. The highest BCUT2D eigenvalue weighted by Gasteiger charge is 2.31. The summed E-state index contributed by atoms with van der Waals surface area (Å²) >= 11 is 0. The molecule has 0 aromatic carbocycles. The minimum atomic E-state index is -1.17. The molecule has 1 unspecified atom stereocenters. The third-order valence-corrected chi connectivity index (χ3v) is 9.78. The van der Waals surface area contributed by atoms with Gasteiger partial charge in [-0.2, -0.15) is 10.2 Å². The second-order valence-electron chi connectivity index (χ2n) is 11.9. The minimum Gasteiger partial charge on any atom is -0.461 e. The topological polar surface area (TPSA) is 80.4 Å². The van der Waals surface area contributed by atoms with Gasteiger partial charge in [0, 0.05) is 46.8 Å². The zero-order chi connectivity index (χ0) is 25.6. The van der Waals surface area contributed by atoms with Crippen molar-refractivity contribution in [1.82, 2.24) is 19.6 Å². The quantitative estimate of drug-likeness (QED) is 0.206. The van der Waals surface area contributed by atoms with E-state index in [4.69, 9.17) is 14.2 Å². The number of ether oxygens (including phenoxy) is 3. The lowest BCUT2D eigenvalue weighted by Gasteiger charge is -2.23. The second-order valence-corrected chi connectivity index (χ2v) is 23.2. The summed E-state index contributed by atoms with van der Waals surface area (Å²) in [5.74, 6) is -0.0166. The number of hydrogen-bond acceptors (Lipinski definition) is 6. The Balaban J connectivity index is 1.68. The number of carbonyl (C=O) groups is 1. The number of carbonyl (C=O) groups excluding carboxylic acids is 1. The van der Waals surface area contributed by atoms with Gasteiger partial charge in [-0.05, 0) is 49.8 Å². The molecule has 0 amide bonds. The molecule has 1 aliphatic carbocycles. The number of esters is 1. The highest BCUT2D eigenvalue weighted by atomic mass is 28.3. The van der Waals surface area contributed by atoms with Crippen molar-refractivity contribution in [2.24, 2.45) is 0 Å². The van der Waals surface area contributed by atoms with Crippen LogP contribution in [-0.2, 0) is 40.5 Å². The third kappa shape index (κ3) is 8.40. The van der Waals surface area contributed by atoms with Gasteiger partial charge in [0.15, 0.2) is 5.69 Å². The number of aromatic nitrogens is 4. The van der Waals surface area contributed by atoms with Crippen LogP contribution in [-0.4, -0.2) is 61.5 Å². The first-order valence-electron chi connectivity index (χ1n) is 12.9. The molecule has 3 rings (SSSR count). The van der Waals surface area contributed by atoms with Crippen LogP contribution in [0.4, 0.5) is 0 Å². The smallest absolute Gasteiger partial charge is 0.359 e. The van der Waals surface area contributed by atoms with Crippen LogP contribution in [0.15, 0.2) is 12.4 Å². The van der Waals surface area contributed by atoms with Gasteiger partial charge in [-0.1, -0.05) is 39.3 Å². The molecule has 0 N–H and O–H groups in total. The maximum atomic E-state index is 12.6. The summed E-state index contributed by atoms with van der Waals surface area (Å²) in [6.07, 6.45) is 6.60. The van der Waals surface area contributed by atoms with E-state index in [-0.39, 0.29) is 5.97 Å². The second kappa shape index (κ2) is 12.0. The summed E-state index contributed by atoms with van der Waals surface area (Å²) in [5.41, 5.74) is 3.74. The standard InChI is InChI=1S/C25H44N4O4Si2/c1-8-33-25(30)24-22-10-9-20(15-23(22)29(27-24)19-32-12-14-35(5,6)7)21-16-26-28(17-21)18-31-11-13-34(2,3)4/h16-17,20H,8-15,18-19H2,1-7H3. The van der Waals surface area contributed by atoms with E-state index in [0.717, 1.165) is 49.2 Å². The van der Waals surface area contributed by atoms with Crippen LogP contribution in [0.25, 0.3) is 0 Å². The summed E-state index contributed by atoms with van der Waals surface area (Å²) in [7, 11) is -2.26. The maximum Gasteiger partial charge on any atom is 0.359 e. The Labute approximate surface area is 212 Å². The third-order valence-electron chi connectivity index (χ3n) is 6.37. The van der Waals surface area contributed by atoms with Gasteiger partial charge in [0.1, 0.15) is 13.5 Å². The molecule has 0 fully saturated rings. The Morgan fingerprint density at radius 2 is 1.71 bits per heavy atom. The first-order chi connectivity index (χ1) is 16.5. The van der Waals surface area contributed by atoms with Crippen LogP contribution in [0.3, 0.4) is 0 Å². The molecule has 2 heterocycles. The summed E-state index contributed by atoms with van der Waals surface area (Å²) in [6, 6.07) is 2.25. The highest BCUT2D eigenvalue weighted by Crippen LogP contribution is 2.34. The van der Waals surface area contributed by atoms with Crippen LogP contribution >= 0.6 is 0 Å². The molecule has 0 saturated heterocycles. The molecule has 0 radical (unpaired) electrons. The molecule has 1 aliphatic rings. The van der Waals surface area contributed by atoms with Gasteiger partial charge < -0.3 is 14.2 Å². The minimum absolute atomic E-state index is 0.325. The van der Waals surface area contributed by atoms with Gasteiger partial charge in [0.05, 0.1) is 12.8 Å². The molecule has 2 aromatic heterocycles. The molecular formula is C25H44N4O4Si2. The molecule has 35 heavy (non-hydrogen) atoms. The number of rotatable bonds is 13. The van der Waals surface area contributed by atoms with Crippen molar-refractivity contribution in [1.29, 1.82) is 0 Å². The Bertz CT molecular complexity index is 975. The van der Waals surface area contributed by atoms with E-state index in [0.29, 0.717) is 38.3 Å². The van der Waals surface area contributed by atoms with Gasteiger partial charge in [-0.3, -0.25) is 0 Å². The number of nitrogens with zero attached hydrogens (tertiary/aromatic N) is 4. The fourth-order valence-corrected chi connectivity index (χ4v) is 5.67. The van der Waals surface area contributed by atoms with Crippen LogP contribution in [0.1, 0.15) is 46.6 Å². The fourth-order valence-electron chi connectivity index (χ4n) is 4.16. The predicted octanol–water partition coefficient (Wildman–Crippen LogP) is 5.15. The first-order valence-corrected chi connectivity index (χ1v) is 20.3. The van der Waals surface area contributed by atoms with E-state index in [1.807, 2.05) is 22.5 Å². The van der Waals surface area contributed by atoms with Crippen LogP contribution in [0.5, 0.6) is 0 Å². The lowest BCUT2D eigenvalue weighted by molar-refractivity contribution is 0.0509. The monoisotopic (exact) mass is 520 g/mol. The van der Waals surface area contributed by atoms with E-state index < -0.39 is 16.1 Å². The Hall–Kier alpha value is -1.76. The van der Waals surface area contributed by atoms with E-state index in [2.05, 4.69) is 55.7 Å². The molecule has 196 valence electrons. The SMILES string of the molecule is CCOC(=O)c1nn(COCC[Si](C)(C)C)c2c1CCC(c1cnn(COCC[Si](C)(C)C)c1)C2. The zero-order valence-electron chi connectivity index (χ0n) is 22.7. The normalized spacial score (nSPS) is 16.4. The van der Waals surface area contributed by atoms with Crippen molar-refractivity contribution < 1.29 is 19.0 Å². The van der Waals surface area contributed by atoms with Crippen LogP contribution in [0.2, 0.25) is 51.4 Å². The van der Waals surface area contributed by atoms with Gasteiger partial charge in [0.25, 0.3) is 0 Å². The van der Waals surface area contributed by atoms with Gasteiger partial charge in [0.2, 0.25) is 0 Å². The number of fused-ring (bicyclic) bond motifs is 1. The van der Waals surface area contributed by atoms with Crippen LogP contribution in [0, 0.1) is 0 Å². The van der Waals surface area contributed by atoms with Gasteiger partial charge in [-0.15, -0.1) is 0 Å². The average Bonchev–Trinajstić information content (AvgIpc) is 3.38. The molecular weight excluding hydrogens is 476 g/mol. The predicted molar refractivity (Wildman–Crippen MR) is 143 cm³/mol. The molecule has 2 aromatic rings. The molecule has 10 heteroatoms. The van der Waals surface area contributed by atoms with Crippen molar-refractivity contribution in [3.8, 4) is 0 Å². The Kier molecular flexibility index (Phi) is 9.53. The average molecular weight is 521 g/mol. The first kappa shape index (κ1) is 27.8. The van der Waals surface area contributed by atoms with Crippen molar-refractivity contribution in [3.63, 3.8) is 0 Å². The molecule has 1 atom stereocenters. The zero-order valence-corrected chi connectivity index (χ0v) is 24.7. The highest BCUT2D eigenvalue weighted by molar-refractivity contribution is 6.76. The van der Waals surface area contributed by atoms with Gasteiger partial charge >= 0.3 is 5.97 Å². The van der Waals surface area contributed by atoms with E-state index >= 15 is 0 Å². The van der Waals surface area contributed by atoms with Crippen molar-refractivity contribution >= 4 is 22.1 Å². The summed E-state index contributed by atoms with van der Waals surface area (Å²) in [5, 5.41) is 9.17. The van der Waals surface area contributed by atoms with Crippen molar-refractivity contribution in [3.05, 3.63) is 34.9 Å². The Morgan fingerprint density at radius 1 is 1.06 bits per heavy atom. The lowest BCUT2D eigenvalue weighted by Crippen LogP contribution is -2.22. The van der Waals surface area contributed by atoms with Crippen molar-refractivity contribution in [2.75, 3.05) is 19.8 Å². The van der Waals surface area contributed by atoms with Crippen molar-refractivity contribution in [2.45, 2.75) is 96.9 Å². The molecule has 0 aliphatic heterocycles. The Morgan fingerprint density at radius 3 is 2.34 bits per heavy atom. The van der Waals surface area contributed by atoms with Gasteiger partial charge in [-0.25, -0.2) is 14.2 Å².